The van der Waals surface area contributed by atoms with E-state index in [4.69, 9.17) is 5.73 Å². The molecule has 0 aliphatic heterocycles. The lowest BCUT2D eigenvalue weighted by molar-refractivity contribution is -0.111. The van der Waals surface area contributed by atoms with E-state index < -0.39 is 5.91 Å². The summed E-state index contributed by atoms with van der Waals surface area (Å²) in [6.07, 6.45) is 6.66. The lowest BCUT2D eigenvalue weighted by Gasteiger charge is -2.03. The van der Waals surface area contributed by atoms with Crippen LogP contribution in [0.1, 0.15) is 21.5 Å². The van der Waals surface area contributed by atoms with Crippen molar-refractivity contribution < 1.29 is 9.59 Å². The van der Waals surface area contributed by atoms with Crippen molar-refractivity contribution in [1.29, 1.82) is 0 Å². The first-order chi connectivity index (χ1) is 12.6. The number of hydrogen-bond donors (Lipinski definition) is 2. The van der Waals surface area contributed by atoms with E-state index in [-0.39, 0.29) is 5.91 Å². The van der Waals surface area contributed by atoms with Gasteiger partial charge in [0.15, 0.2) is 0 Å². The minimum atomic E-state index is -0.539. The molecule has 1 heterocycles. The van der Waals surface area contributed by atoms with Gasteiger partial charge >= 0.3 is 0 Å². The Balaban J connectivity index is 1.60. The van der Waals surface area contributed by atoms with E-state index in [1.807, 2.05) is 41.2 Å². The number of carbonyl (C=O) groups is 2. The molecule has 0 bridgehead atoms. The summed E-state index contributed by atoms with van der Waals surface area (Å²) < 4.78 is 1.81. The molecule has 2 aromatic carbocycles. The summed E-state index contributed by atoms with van der Waals surface area (Å²) in [5.41, 5.74) is 8.05. The van der Waals surface area contributed by atoms with Crippen LogP contribution in [0.15, 0.2) is 73.1 Å². The average Bonchev–Trinajstić information content (AvgIpc) is 3.08. The van der Waals surface area contributed by atoms with E-state index in [2.05, 4.69) is 10.4 Å². The SMILES string of the molecule is NC(=O)c1cccc(NC(=O)C=Cc2cnn(Cc3ccccc3)c2)c1. The van der Waals surface area contributed by atoms with E-state index in [1.165, 1.54) is 12.1 Å². The van der Waals surface area contributed by atoms with Crippen LogP contribution in [0, 0.1) is 0 Å². The van der Waals surface area contributed by atoms with Gasteiger partial charge in [-0.05, 0) is 29.8 Å². The molecule has 0 fully saturated rings. The number of nitrogens with two attached hydrogens (primary N) is 1. The number of anilines is 1. The zero-order valence-electron chi connectivity index (χ0n) is 14.0. The van der Waals surface area contributed by atoms with Gasteiger partial charge in [0.1, 0.15) is 0 Å². The molecule has 3 N–H and O–H groups in total. The molecule has 0 spiro atoms. The fraction of sp³-hybridized carbons (Fsp3) is 0.0500. The van der Waals surface area contributed by atoms with Crippen LogP contribution < -0.4 is 11.1 Å². The van der Waals surface area contributed by atoms with Crippen molar-refractivity contribution >= 4 is 23.6 Å². The molecule has 0 saturated carbocycles. The fourth-order valence-corrected chi connectivity index (χ4v) is 2.43. The summed E-state index contributed by atoms with van der Waals surface area (Å²) >= 11 is 0. The highest BCUT2D eigenvalue weighted by atomic mass is 16.1. The zero-order chi connectivity index (χ0) is 18.4. The summed E-state index contributed by atoms with van der Waals surface area (Å²) in [4.78, 5) is 23.2. The molecule has 0 aliphatic carbocycles. The van der Waals surface area contributed by atoms with Crippen LogP contribution >= 0.6 is 0 Å². The number of rotatable bonds is 6. The predicted octanol–water partition coefficient (Wildman–Crippen LogP) is 2.68. The van der Waals surface area contributed by atoms with Gasteiger partial charge in [-0.1, -0.05) is 36.4 Å². The molecular weight excluding hydrogens is 328 g/mol. The van der Waals surface area contributed by atoms with Gasteiger partial charge in [0.05, 0.1) is 12.7 Å². The molecule has 6 nitrogen and oxygen atoms in total. The van der Waals surface area contributed by atoms with Crippen molar-refractivity contribution in [1.82, 2.24) is 9.78 Å². The molecule has 0 radical (unpaired) electrons. The number of nitrogens with zero attached hydrogens (tertiary/aromatic N) is 2. The van der Waals surface area contributed by atoms with E-state index in [0.717, 1.165) is 11.1 Å². The van der Waals surface area contributed by atoms with Crippen LogP contribution in [0.5, 0.6) is 0 Å². The third kappa shape index (κ3) is 4.67. The van der Waals surface area contributed by atoms with Gasteiger partial charge in [0.2, 0.25) is 11.8 Å². The highest BCUT2D eigenvalue weighted by molar-refractivity contribution is 6.02. The largest absolute Gasteiger partial charge is 0.366 e. The molecule has 0 unspecified atom stereocenters. The molecule has 3 rings (SSSR count). The minimum Gasteiger partial charge on any atom is -0.366 e. The first kappa shape index (κ1) is 17.2. The Kier molecular flexibility index (Phi) is 5.24. The van der Waals surface area contributed by atoms with Crippen LogP contribution in [-0.2, 0) is 11.3 Å². The topological polar surface area (TPSA) is 90.0 Å². The van der Waals surface area contributed by atoms with E-state index >= 15 is 0 Å². The summed E-state index contributed by atoms with van der Waals surface area (Å²) in [5, 5.41) is 6.98. The molecule has 3 aromatic rings. The second-order valence-corrected chi connectivity index (χ2v) is 5.72. The van der Waals surface area contributed by atoms with Gasteiger partial charge in [-0.2, -0.15) is 5.10 Å². The lowest BCUT2D eigenvalue weighted by atomic mass is 10.2. The predicted molar refractivity (Wildman–Crippen MR) is 100 cm³/mol. The average molecular weight is 346 g/mol. The fourth-order valence-electron chi connectivity index (χ4n) is 2.43. The smallest absolute Gasteiger partial charge is 0.248 e. The number of primary amides is 1. The van der Waals surface area contributed by atoms with Crippen LogP contribution in [0.4, 0.5) is 5.69 Å². The van der Waals surface area contributed by atoms with E-state index in [0.29, 0.717) is 17.8 Å². The van der Waals surface area contributed by atoms with Crippen molar-refractivity contribution in [2.75, 3.05) is 5.32 Å². The van der Waals surface area contributed by atoms with Crippen LogP contribution in [-0.4, -0.2) is 21.6 Å². The number of nitrogens with one attached hydrogen (secondary N) is 1. The van der Waals surface area contributed by atoms with Crippen molar-refractivity contribution in [2.45, 2.75) is 6.54 Å². The first-order valence-corrected chi connectivity index (χ1v) is 8.05. The monoisotopic (exact) mass is 346 g/mol. The van der Waals surface area contributed by atoms with Gasteiger partial charge in [-0.25, -0.2) is 0 Å². The first-order valence-electron chi connectivity index (χ1n) is 8.05. The summed E-state index contributed by atoms with van der Waals surface area (Å²) in [6.45, 7) is 0.667. The number of amides is 2. The van der Waals surface area contributed by atoms with Gasteiger partial charge in [-0.15, -0.1) is 0 Å². The Hall–Kier alpha value is -3.67. The Bertz CT molecular complexity index is 945. The quantitative estimate of drug-likeness (QED) is 0.672. The Labute approximate surface area is 151 Å². The summed E-state index contributed by atoms with van der Waals surface area (Å²) in [5.74, 6) is -0.843. The minimum absolute atomic E-state index is 0.303. The molecule has 1 aromatic heterocycles. The Morgan fingerprint density at radius 2 is 1.92 bits per heavy atom. The molecule has 0 aliphatic rings. The maximum atomic E-state index is 12.0. The van der Waals surface area contributed by atoms with Gasteiger partial charge in [-0.3, -0.25) is 14.3 Å². The molecule has 130 valence electrons. The summed E-state index contributed by atoms with van der Waals surface area (Å²) in [6, 6.07) is 16.5. The maximum absolute atomic E-state index is 12.0. The number of carbonyl (C=O) groups excluding carboxylic acids is 2. The molecule has 0 saturated heterocycles. The molecule has 6 heteroatoms. The standard InChI is InChI=1S/C20H18N4O2/c21-20(26)17-7-4-8-18(11-17)23-19(25)10-9-16-12-22-24(14-16)13-15-5-2-1-3-6-15/h1-12,14H,13H2,(H2,21,26)(H,23,25). The second kappa shape index (κ2) is 7.94. The van der Waals surface area contributed by atoms with Crippen LogP contribution in [0.25, 0.3) is 6.08 Å². The summed E-state index contributed by atoms with van der Waals surface area (Å²) in [7, 11) is 0. The lowest BCUT2D eigenvalue weighted by Crippen LogP contribution is -2.12. The van der Waals surface area contributed by atoms with Gasteiger partial charge in [0, 0.05) is 29.1 Å². The second-order valence-electron chi connectivity index (χ2n) is 5.72. The molecule has 26 heavy (non-hydrogen) atoms. The van der Waals surface area contributed by atoms with Crippen molar-refractivity contribution in [3.8, 4) is 0 Å². The highest BCUT2D eigenvalue weighted by Crippen LogP contribution is 2.11. The Morgan fingerprint density at radius 3 is 2.69 bits per heavy atom. The maximum Gasteiger partial charge on any atom is 0.248 e. The van der Waals surface area contributed by atoms with Crippen molar-refractivity contribution in [2.24, 2.45) is 5.73 Å². The van der Waals surface area contributed by atoms with Gasteiger partial charge < -0.3 is 11.1 Å². The van der Waals surface area contributed by atoms with Crippen LogP contribution in [0.3, 0.4) is 0 Å². The third-order valence-corrected chi connectivity index (χ3v) is 3.68. The van der Waals surface area contributed by atoms with E-state index in [9.17, 15) is 9.59 Å². The molecular formula is C20H18N4O2. The van der Waals surface area contributed by atoms with E-state index in [1.54, 1.807) is 30.5 Å². The van der Waals surface area contributed by atoms with Crippen LogP contribution in [0.2, 0.25) is 0 Å². The van der Waals surface area contributed by atoms with Crippen molar-refractivity contribution in [3.63, 3.8) is 0 Å². The zero-order valence-corrected chi connectivity index (χ0v) is 14.0. The number of benzene rings is 2. The van der Waals surface area contributed by atoms with Gasteiger partial charge in [0.25, 0.3) is 0 Å². The molecule has 0 atom stereocenters. The Morgan fingerprint density at radius 1 is 1.12 bits per heavy atom. The normalized spacial score (nSPS) is 10.8. The third-order valence-electron chi connectivity index (χ3n) is 3.68. The highest BCUT2D eigenvalue weighted by Gasteiger charge is 2.03. The van der Waals surface area contributed by atoms with Crippen molar-refractivity contribution in [3.05, 3.63) is 89.8 Å². The molecule has 2 amide bonds. The number of aromatic nitrogens is 2. The number of hydrogen-bond acceptors (Lipinski definition) is 3.